The molecule has 2 N–H and O–H groups in total. The molecule has 2 unspecified atom stereocenters. The lowest BCUT2D eigenvalue weighted by Crippen LogP contribution is -2.46. The van der Waals surface area contributed by atoms with Gasteiger partial charge in [-0.05, 0) is 38.4 Å². The van der Waals surface area contributed by atoms with E-state index in [1.54, 1.807) is 0 Å². The van der Waals surface area contributed by atoms with Crippen LogP contribution in [0.1, 0.15) is 30.1 Å². The van der Waals surface area contributed by atoms with Crippen LogP contribution < -0.4 is 10.6 Å². The molecule has 1 aromatic carbocycles. The van der Waals surface area contributed by atoms with Gasteiger partial charge in [-0.15, -0.1) is 0 Å². The lowest BCUT2D eigenvalue weighted by Gasteiger charge is -2.28. The van der Waals surface area contributed by atoms with E-state index in [4.69, 9.17) is 0 Å². The first-order chi connectivity index (χ1) is 8.54. The molecule has 1 fully saturated rings. The largest absolute Gasteiger partial charge is 0.349 e. The minimum Gasteiger partial charge on any atom is -0.349 e. The summed E-state index contributed by atoms with van der Waals surface area (Å²) in [5, 5.41) is 6.08. The van der Waals surface area contributed by atoms with Gasteiger partial charge in [-0.3, -0.25) is 4.79 Å². The molecule has 0 bridgehead atoms. The Morgan fingerprint density at radius 3 is 2.61 bits per heavy atom. The molecule has 0 aliphatic carbocycles. The van der Waals surface area contributed by atoms with Gasteiger partial charge in [0, 0.05) is 23.7 Å². The monoisotopic (exact) mass is 254 g/mol. The zero-order valence-electron chi connectivity index (χ0n) is 10.2. The Morgan fingerprint density at radius 1 is 1.33 bits per heavy atom. The van der Waals surface area contributed by atoms with Crippen molar-refractivity contribution in [1.29, 1.82) is 0 Å². The molecule has 1 heterocycles. The Labute approximate surface area is 105 Å². The lowest BCUT2D eigenvalue weighted by molar-refractivity contribution is 0.0924. The molecular formula is C13H16F2N2O. The van der Waals surface area contributed by atoms with Crippen LogP contribution in [0.4, 0.5) is 8.78 Å². The highest BCUT2D eigenvalue weighted by Crippen LogP contribution is 2.11. The van der Waals surface area contributed by atoms with Gasteiger partial charge in [0.1, 0.15) is 11.6 Å². The van der Waals surface area contributed by atoms with Crippen LogP contribution in [0.2, 0.25) is 0 Å². The summed E-state index contributed by atoms with van der Waals surface area (Å²) in [4.78, 5) is 11.9. The Bertz CT molecular complexity index is 430. The lowest BCUT2D eigenvalue weighted by atomic mass is 10.0. The molecule has 1 aromatic rings. The predicted octanol–water partition coefficient (Wildman–Crippen LogP) is 1.84. The normalized spacial score (nSPS) is 23.7. The molecular weight excluding hydrogens is 238 g/mol. The topological polar surface area (TPSA) is 41.1 Å². The highest BCUT2D eigenvalue weighted by molar-refractivity contribution is 5.94. The summed E-state index contributed by atoms with van der Waals surface area (Å²) in [7, 11) is 0. The number of nitrogens with one attached hydrogen (secondary N) is 2. The zero-order valence-corrected chi connectivity index (χ0v) is 10.2. The minimum atomic E-state index is -0.737. The average Bonchev–Trinajstić information content (AvgIpc) is 2.27. The Balaban J connectivity index is 2.02. The van der Waals surface area contributed by atoms with Gasteiger partial charge in [0.25, 0.3) is 5.91 Å². The van der Waals surface area contributed by atoms with Gasteiger partial charge in [-0.25, -0.2) is 8.78 Å². The number of hydrogen-bond donors (Lipinski definition) is 2. The SMILES string of the molecule is CC1CC(NC(=O)c2cc(F)cc(F)c2)CCN1. The van der Waals surface area contributed by atoms with Crippen LogP contribution in [0.25, 0.3) is 0 Å². The first kappa shape index (κ1) is 13.0. The van der Waals surface area contributed by atoms with Crippen molar-refractivity contribution in [2.24, 2.45) is 0 Å². The minimum absolute atomic E-state index is 0.0266. The number of amides is 1. The van der Waals surface area contributed by atoms with Crippen molar-refractivity contribution < 1.29 is 13.6 Å². The Kier molecular flexibility index (Phi) is 3.91. The van der Waals surface area contributed by atoms with Gasteiger partial charge < -0.3 is 10.6 Å². The Morgan fingerprint density at radius 2 is 2.00 bits per heavy atom. The van der Waals surface area contributed by atoms with Crippen molar-refractivity contribution in [2.75, 3.05) is 6.54 Å². The van der Waals surface area contributed by atoms with Crippen LogP contribution >= 0.6 is 0 Å². The molecule has 1 aliphatic rings. The number of benzene rings is 1. The van der Waals surface area contributed by atoms with Gasteiger partial charge in [0.2, 0.25) is 0 Å². The standard InChI is InChI=1S/C13H16F2N2O/c1-8-4-12(2-3-16-8)17-13(18)9-5-10(14)7-11(15)6-9/h5-8,12,16H,2-4H2,1H3,(H,17,18). The smallest absolute Gasteiger partial charge is 0.251 e. The Hall–Kier alpha value is -1.49. The summed E-state index contributed by atoms with van der Waals surface area (Å²) in [6, 6.07) is 3.24. The average molecular weight is 254 g/mol. The first-order valence-electron chi connectivity index (χ1n) is 6.05. The van der Waals surface area contributed by atoms with Gasteiger partial charge in [0.15, 0.2) is 0 Å². The quantitative estimate of drug-likeness (QED) is 0.845. The molecule has 98 valence electrons. The van der Waals surface area contributed by atoms with Gasteiger partial charge >= 0.3 is 0 Å². The molecule has 2 rings (SSSR count). The van der Waals surface area contributed by atoms with E-state index in [0.29, 0.717) is 6.04 Å². The van der Waals surface area contributed by atoms with E-state index in [1.807, 2.05) is 6.92 Å². The van der Waals surface area contributed by atoms with Gasteiger partial charge in [-0.2, -0.15) is 0 Å². The molecule has 0 aromatic heterocycles. The van der Waals surface area contributed by atoms with E-state index >= 15 is 0 Å². The molecule has 5 heteroatoms. The van der Waals surface area contributed by atoms with Gasteiger partial charge in [0.05, 0.1) is 0 Å². The molecule has 3 nitrogen and oxygen atoms in total. The molecule has 0 saturated carbocycles. The summed E-state index contributed by atoms with van der Waals surface area (Å²) in [5.41, 5.74) is 0.0266. The third-order valence-electron chi connectivity index (χ3n) is 3.08. The van der Waals surface area contributed by atoms with E-state index in [9.17, 15) is 13.6 Å². The predicted molar refractivity (Wildman–Crippen MR) is 64.3 cm³/mol. The van der Waals surface area contributed by atoms with Crippen LogP contribution in [-0.4, -0.2) is 24.5 Å². The highest BCUT2D eigenvalue weighted by atomic mass is 19.1. The molecule has 2 atom stereocenters. The van der Waals surface area contributed by atoms with E-state index < -0.39 is 17.5 Å². The fourth-order valence-corrected chi connectivity index (χ4v) is 2.22. The maximum Gasteiger partial charge on any atom is 0.251 e. The van der Waals surface area contributed by atoms with Crippen molar-refractivity contribution in [3.63, 3.8) is 0 Å². The summed E-state index contributed by atoms with van der Waals surface area (Å²) in [6.07, 6.45) is 1.65. The van der Waals surface area contributed by atoms with Crippen LogP contribution in [0, 0.1) is 11.6 Å². The van der Waals surface area contributed by atoms with Crippen molar-refractivity contribution in [3.05, 3.63) is 35.4 Å². The van der Waals surface area contributed by atoms with Crippen molar-refractivity contribution in [2.45, 2.75) is 31.8 Å². The molecule has 18 heavy (non-hydrogen) atoms. The fraction of sp³-hybridized carbons (Fsp3) is 0.462. The summed E-state index contributed by atoms with van der Waals surface area (Å²) < 4.78 is 26.0. The van der Waals surface area contributed by atoms with Crippen LogP contribution in [-0.2, 0) is 0 Å². The number of piperidine rings is 1. The van der Waals surface area contributed by atoms with E-state index in [0.717, 1.165) is 37.6 Å². The second kappa shape index (κ2) is 5.44. The fourth-order valence-electron chi connectivity index (χ4n) is 2.22. The summed E-state index contributed by atoms with van der Waals surface area (Å²) in [6.45, 7) is 2.88. The maximum absolute atomic E-state index is 13.0. The first-order valence-corrected chi connectivity index (χ1v) is 6.05. The van der Waals surface area contributed by atoms with Crippen LogP contribution in [0.5, 0.6) is 0 Å². The van der Waals surface area contributed by atoms with E-state index in [1.165, 1.54) is 0 Å². The van der Waals surface area contributed by atoms with Crippen LogP contribution in [0.3, 0.4) is 0 Å². The van der Waals surface area contributed by atoms with E-state index in [2.05, 4.69) is 10.6 Å². The summed E-state index contributed by atoms with van der Waals surface area (Å²) in [5.74, 6) is -1.90. The van der Waals surface area contributed by atoms with Crippen molar-refractivity contribution >= 4 is 5.91 Å². The van der Waals surface area contributed by atoms with Crippen LogP contribution in [0.15, 0.2) is 18.2 Å². The molecule has 0 spiro atoms. The summed E-state index contributed by atoms with van der Waals surface area (Å²) >= 11 is 0. The molecule has 1 amide bonds. The third kappa shape index (κ3) is 3.26. The highest BCUT2D eigenvalue weighted by Gasteiger charge is 2.20. The third-order valence-corrected chi connectivity index (χ3v) is 3.08. The van der Waals surface area contributed by atoms with Crippen molar-refractivity contribution in [3.8, 4) is 0 Å². The van der Waals surface area contributed by atoms with Crippen molar-refractivity contribution in [1.82, 2.24) is 10.6 Å². The number of rotatable bonds is 2. The van der Waals surface area contributed by atoms with Gasteiger partial charge in [-0.1, -0.05) is 0 Å². The number of halogens is 2. The number of hydrogen-bond acceptors (Lipinski definition) is 2. The second-order valence-corrected chi connectivity index (χ2v) is 4.71. The molecule has 1 aliphatic heterocycles. The zero-order chi connectivity index (χ0) is 13.1. The number of carbonyl (C=O) groups is 1. The number of carbonyl (C=O) groups excluding carboxylic acids is 1. The molecule has 0 radical (unpaired) electrons. The maximum atomic E-state index is 13.0. The second-order valence-electron chi connectivity index (χ2n) is 4.71. The van der Waals surface area contributed by atoms with E-state index in [-0.39, 0.29) is 11.6 Å². The molecule has 1 saturated heterocycles.